The highest BCUT2D eigenvalue weighted by molar-refractivity contribution is 6.31. The highest BCUT2D eigenvalue weighted by Gasteiger charge is 2.42. The number of amides is 1. The fourth-order valence-corrected chi connectivity index (χ4v) is 4.65. The molecular formula is C25H28ClNO6. The maximum atomic E-state index is 12.4. The Balaban J connectivity index is 1.51. The topological polar surface area (TPSA) is 85.3 Å². The number of hydrogen-bond acceptors (Lipinski definition) is 5. The molecular weight excluding hydrogens is 446 g/mol. The predicted octanol–water partition coefficient (Wildman–Crippen LogP) is 5.80. The van der Waals surface area contributed by atoms with Gasteiger partial charge in [-0.25, -0.2) is 9.59 Å². The zero-order valence-corrected chi connectivity index (χ0v) is 19.9. The minimum atomic E-state index is -1.18. The third-order valence-corrected chi connectivity index (χ3v) is 6.22. The molecule has 176 valence electrons. The van der Waals surface area contributed by atoms with Crippen LogP contribution in [0.4, 0.5) is 4.79 Å². The summed E-state index contributed by atoms with van der Waals surface area (Å²) in [6.45, 7) is 8.55. The van der Waals surface area contributed by atoms with E-state index in [2.05, 4.69) is 0 Å². The molecule has 7 nitrogen and oxygen atoms in total. The molecule has 0 spiro atoms. The highest BCUT2D eigenvalue weighted by atomic mass is 35.5. The number of fused-ring (bicyclic) bond motifs is 1. The van der Waals surface area contributed by atoms with E-state index in [1.807, 2.05) is 39.0 Å². The number of rotatable bonds is 3. The second-order valence-electron chi connectivity index (χ2n) is 9.57. The number of likely N-dealkylation sites (tertiary alicyclic amines) is 1. The number of carbonyl (C=O) groups excluding carboxylic acids is 1. The summed E-state index contributed by atoms with van der Waals surface area (Å²) in [5.74, 6) is -0.749. The van der Waals surface area contributed by atoms with Crippen molar-refractivity contribution < 1.29 is 28.9 Å². The van der Waals surface area contributed by atoms with Crippen molar-refractivity contribution in [2.75, 3.05) is 13.1 Å². The SMILES string of the molecule is CC(C)(C)OC(=O)N1CCC(c2cccc3c2OC(C)(c2ccc(C(=O)O)cc2Cl)O3)CC1. The Labute approximate surface area is 198 Å². The quantitative estimate of drug-likeness (QED) is 0.606. The molecule has 1 saturated heterocycles. The van der Waals surface area contributed by atoms with Crippen LogP contribution in [-0.2, 0) is 10.5 Å². The molecule has 1 fully saturated rings. The third kappa shape index (κ3) is 4.74. The monoisotopic (exact) mass is 473 g/mol. The maximum absolute atomic E-state index is 12.4. The number of hydrogen-bond donors (Lipinski definition) is 1. The molecule has 0 aromatic heterocycles. The fraction of sp³-hybridized carbons (Fsp3) is 0.440. The number of nitrogens with zero attached hydrogens (tertiary/aromatic N) is 1. The Kier molecular flexibility index (Phi) is 5.95. The van der Waals surface area contributed by atoms with Crippen molar-refractivity contribution in [2.24, 2.45) is 0 Å². The Bertz CT molecular complexity index is 1090. The van der Waals surface area contributed by atoms with Crippen molar-refractivity contribution in [1.82, 2.24) is 4.90 Å². The van der Waals surface area contributed by atoms with Crippen LogP contribution in [0.5, 0.6) is 11.5 Å². The molecule has 0 aliphatic carbocycles. The van der Waals surface area contributed by atoms with Crippen LogP contribution in [0.3, 0.4) is 0 Å². The molecule has 1 atom stereocenters. The summed E-state index contributed by atoms with van der Waals surface area (Å²) in [6, 6.07) is 10.3. The smallest absolute Gasteiger partial charge is 0.410 e. The molecule has 2 heterocycles. The van der Waals surface area contributed by atoms with Crippen LogP contribution in [-0.4, -0.2) is 40.8 Å². The molecule has 1 unspecified atom stereocenters. The summed E-state index contributed by atoms with van der Waals surface area (Å²) in [6.07, 6.45) is 1.28. The van der Waals surface area contributed by atoms with E-state index in [0.29, 0.717) is 30.2 Å². The van der Waals surface area contributed by atoms with Crippen molar-refractivity contribution in [3.05, 3.63) is 58.1 Å². The maximum Gasteiger partial charge on any atom is 0.410 e. The summed E-state index contributed by atoms with van der Waals surface area (Å²) in [5, 5.41) is 9.47. The van der Waals surface area contributed by atoms with E-state index in [4.69, 9.17) is 25.8 Å². The number of piperidine rings is 1. The van der Waals surface area contributed by atoms with Crippen molar-refractivity contribution in [3.8, 4) is 11.5 Å². The highest BCUT2D eigenvalue weighted by Crippen LogP contribution is 2.50. The van der Waals surface area contributed by atoms with Crippen LogP contribution in [0.25, 0.3) is 0 Å². The zero-order chi connectivity index (χ0) is 24.0. The van der Waals surface area contributed by atoms with Gasteiger partial charge in [-0.1, -0.05) is 23.7 Å². The van der Waals surface area contributed by atoms with Crippen LogP contribution < -0.4 is 9.47 Å². The van der Waals surface area contributed by atoms with E-state index >= 15 is 0 Å². The van der Waals surface area contributed by atoms with Crippen LogP contribution in [0.1, 0.15) is 67.9 Å². The summed E-state index contributed by atoms with van der Waals surface area (Å²) in [7, 11) is 0. The normalized spacial score (nSPS) is 20.6. The van der Waals surface area contributed by atoms with Crippen LogP contribution in [0.15, 0.2) is 36.4 Å². The van der Waals surface area contributed by atoms with Gasteiger partial charge in [0.05, 0.1) is 16.1 Å². The lowest BCUT2D eigenvalue weighted by Gasteiger charge is -2.34. The number of carboxylic acid groups (broad SMARTS) is 1. The van der Waals surface area contributed by atoms with E-state index in [1.165, 1.54) is 12.1 Å². The standard InChI is InChI=1S/C25H28ClNO6/c1-24(2,3)33-23(30)27-12-10-15(11-13-27)17-6-5-7-20-21(17)32-25(4,31-20)18-9-8-16(22(28)29)14-19(18)26/h5-9,14-15H,10-13H2,1-4H3,(H,28,29). The van der Waals surface area contributed by atoms with Gasteiger partial charge < -0.3 is 24.2 Å². The Morgan fingerprint density at radius 2 is 1.85 bits per heavy atom. The molecule has 2 aliphatic heterocycles. The van der Waals surface area contributed by atoms with Gasteiger partial charge in [-0.05, 0) is 63.8 Å². The van der Waals surface area contributed by atoms with E-state index in [1.54, 1.807) is 17.9 Å². The van der Waals surface area contributed by atoms with Gasteiger partial charge in [0.1, 0.15) is 5.60 Å². The van der Waals surface area contributed by atoms with Gasteiger partial charge >= 0.3 is 12.1 Å². The van der Waals surface area contributed by atoms with E-state index < -0.39 is 17.4 Å². The van der Waals surface area contributed by atoms with Crippen molar-refractivity contribution >= 4 is 23.7 Å². The van der Waals surface area contributed by atoms with E-state index in [-0.39, 0.29) is 22.6 Å². The molecule has 0 radical (unpaired) electrons. The average molecular weight is 474 g/mol. The number of para-hydroxylation sites is 1. The Hall–Kier alpha value is -2.93. The average Bonchev–Trinajstić information content (AvgIpc) is 3.09. The van der Waals surface area contributed by atoms with Gasteiger partial charge in [0.15, 0.2) is 11.5 Å². The molecule has 0 saturated carbocycles. The second-order valence-corrected chi connectivity index (χ2v) is 9.97. The lowest BCUT2D eigenvalue weighted by Crippen LogP contribution is -2.41. The first-order chi connectivity index (χ1) is 15.5. The van der Waals surface area contributed by atoms with Gasteiger partial charge in [0, 0.05) is 25.6 Å². The van der Waals surface area contributed by atoms with Crippen molar-refractivity contribution in [2.45, 2.75) is 57.8 Å². The number of carboxylic acids is 1. The van der Waals surface area contributed by atoms with Gasteiger partial charge in [0.2, 0.25) is 0 Å². The molecule has 4 rings (SSSR count). The fourth-order valence-electron chi connectivity index (χ4n) is 4.30. The first-order valence-corrected chi connectivity index (χ1v) is 11.4. The number of benzene rings is 2. The summed E-state index contributed by atoms with van der Waals surface area (Å²) in [5.41, 5.74) is 1.16. The Morgan fingerprint density at radius 3 is 2.45 bits per heavy atom. The molecule has 2 aromatic carbocycles. The van der Waals surface area contributed by atoms with Crippen LogP contribution >= 0.6 is 11.6 Å². The second kappa shape index (κ2) is 8.45. The van der Waals surface area contributed by atoms with Crippen LogP contribution in [0.2, 0.25) is 5.02 Å². The molecule has 1 N–H and O–H groups in total. The van der Waals surface area contributed by atoms with Crippen LogP contribution in [0, 0.1) is 0 Å². The largest absolute Gasteiger partial charge is 0.478 e. The number of ether oxygens (including phenoxy) is 3. The number of carbonyl (C=O) groups is 2. The lowest BCUT2D eigenvalue weighted by atomic mass is 9.89. The summed E-state index contributed by atoms with van der Waals surface area (Å²) >= 11 is 6.39. The molecule has 8 heteroatoms. The predicted molar refractivity (Wildman–Crippen MR) is 123 cm³/mol. The first-order valence-electron chi connectivity index (χ1n) is 11.0. The first kappa shape index (κ1) is 23.2. The number of aromatic carboxylic acids is 1. The molecule has 2 aliphatic rings. The minimum absolute atomic E-state index is 0.0975. The molecule has 2 aromatic rings. The molecule has 33 heavy (non-hydrogen) atoms. The Morgan fingerprint density at radius 1 is 1.15 bits per heavy atom. The summed E-state index contributed by atoms with van der Waals surface area (Å²) in [4.78, 5) is 25.4. The van der Waals surface area contributed by atoms with Gasteiger partial charge in [-0.15, -0.1) is 0 Å². The van der Waals surface area contributed by atoms with E-state index in [0.717, 1.165) is 18.4 Å². The molecule has 1 amide bonds. The van der Waals surface area contributed by atoms with E-state index in [9.17, 15) is 14.7 Å². The zero-order valence-electron chi connectivity index (χ0n) is 19.2. The lowest BCUT2D eigenvalue weighted by molar-refractivity contribution is -0.0684. The van der Waals surface area contributed by atoms with Crippen molar-refractivity contribution in [3.63, 3.8) is 0 Å². The number of halogens is 1. The summed E-state index contributed by atoms with van der Waals surface area (Å²) < 4.78 is 18.0. The van der Waals surface area contributed by atoms with Gasteiger partial charge in [-0.3, -0.25) is 0 Å². The third-order valence-electron chi connectivity index (χ3n) is 5.90. The van der Waals surface area contributed by atoms with Crippen molar-refractivity contribution in [1.29, 1.82) is 0 Å². The van der Waals surface area contributed by atoms with Gasteiger partial charge in [0.25, 0.3) is 5.79 Å². The minimum Gasteiger partial charge on any atom is -0.478 e. The molecule has 0 bridgehead atoms. The van der Waals surface area contributed by atoms with Gasteiger partial charge in [-0.2, -0.15) is 0 Å².